The van der Waals surface area contributed by atoms with Crippen LogP contribution in [0.3, 0.4) is 0 Å². The topological polar surface area (TPSA) is 15.3 Å². The summed E-state index contributed by atoms with van der Waals surface area (Å²) in [6, 6.07) is 0.674. The zero-order valence-corrected chi connectivity index (χ0v) is 8.87. The van der Waals surface area contributed by atoms with Crippen molar-refractivity contribution in [3.05, 3.63) is 0 Å². The molecular weight excluding hydrogens is 156 g/mol. The molecule has 0 heterocycles. The summed E-state index contributed by atoms with van der Waals surface area (Å²) in [6.07, 6.45) is 3.39. The molecule has 2 nitrogen and oxygen atoms in total. The van der Waals surface area contributed by atoms with Crippen LogP contribution in [-0.2, 0) is 0 Å². The van der Waals surface area contributed by atoms with Crippen LogP contribution >= 0.6 is 11.8 Å². The first kappa shape index (κ1) is 11.3. The van der Waals surface area contributed by atoms with Gasteiger partial charge in [-0.1, -0.05) is 0 Å². The molecule has 0 saturated heterocycles. The van der Waals surface area contributed by atoms with Gasteiger partial charge in [-0.15, -0.1) is 0 Å². The predicted molar refractivity (Wildman–Crippen MR) is 54.4 cm³/mol. The van der Waals surface area contributed by atoms with Gasteiger partial charge in [0, 0.05) is 11.8 Å². The van der Waals surface area contributed by atoms with Crippen LogP contribution in [0.15, 0.2) is 0 Å². The normalized spacial score (nSPS) is 13.9. The number of rotatable bonds is 6. The maximum Gasteiger partial charge on any atom is 0.0167 e. The van der Waals surface area contributed by atoms with Gasteiger partial charge >= 0.3 is 0 Å². The molecule has 1 N–H and O–H groups in total. The second kappa shape index (κ2) is 6.95. The Kier molecular flexibility index (Phi) is 7.12. The van der Waals surface area contributed by atoms with Crippen molar-refractivity contribution in [2.75, 3.05) is 39.7 Å². The van der Waals surface area contributed by atoms with E-state index in [1.165, 1.54) is 18.7 Å². The highest BCUT2D eigenvalue weighted by Crippen LogP contribution is 2.01. The van der Waals surface area contributed by atoms with Gasteiger partial charge in [-0.05, 0) is 40.4 Å². The second-order valence-electron chi connectivity index (χ2n) is 3.03. The fourth-order valence-electron chi connectivity index (χ4n) is 0.926. The maximum absolute atomic E-state index is 3.31. The Bertz CT molecular complexity index is 86.2. The van der Waals surface area contributed by atoms with Gasteiger partial charge in [0.05, 0.1) is 0 Å². The number of nitrogens with zero attached hydrogens (tertiary/aromatic N) is 1. The van der Waals surface area contributed by atoms with Crippen molar-refractivity contribution in [1.29, 1.82) is 0 Å². The summed E-state index contributed by atoms with van der Waals surface area (Å²) in [6.45, 7) is 1.17. The Morgan fingerprint density at radius 3 is 2.45 bits per heavy atom. The van der Waals surface area contributed by atoms with Gasteiger partial charge < -0.3 is 10.2 Å². The van der Waals surface area contributed by atoms with Gasteiger partial charge in [0.1, 0.15) is 0 Å². The first-order valence-corrected chi connectivity index (χ1v) is 5.41. The van der Waals surface area contributed by atoms with E-state index in [0.29, 0.717) is 6.04 Å². The van der Waals surface area contributed by atoms with Crippen LogP contribution in [0.5, 0.6) is 0 Å². The Hall–Kier alpha value is 0.270. The highest BCUT2D eigenvalue weighted by Gasteiger charge is 2.04. The van der Waals surface area contributed by atoms with Crippen molar-refractivity contribution < 1.29 is 0 Å². The molecule has 0 bridgehead atoms. The quantitative estimate of drug-likeness (QED) is 0.647. The lowest BCUT2D eigenvalue weighted by atomic mass is 10.2. The van der Waals surface area contributed by atoms with Crippen LogP contribution in [0.4, 0.5) is 0 Å². The number of hydrogen-bond acceptors (Lipinski definition) is 3. The molecule has 0 radical (unpaired) electrons. The molecule has 0 aliphatic carbocycles. The molecule has 0 aromatic rings. The van der Waals surface area contributed by atoms with E-state index in [-0.39, 0.29) is 0 Å². The predicted octanol–water partition coefficient (Wildman–Crippen LogP) is 0.889. The van der Waals surface area contributed by atoms with E-state index in [1.54, 1.807) is 0 Å². The van der Waals surface area contributed by atoms with E-state index >= 15 is 0 Å². The minimum Gasteiger partial charge on any atom is -0.316 e. The smallest absolute Gasteiger partial charge is 0.0167 e. The highest BCUT2D eigenvalue weighted by atomic mass is 32.2. The second-order valence-corrected chi connectivity index (χ2v) is 3.94. The molecule has 1 atom stereocenters. The average Bonchev–Trinajstić information content (AvgIpc) is 1.97. The van der Waals surface area contributed by atoms with Crippen molar-refractivity contribution in [3.8, 4) is 0 Å². The summed E-state index contributed by atoms with van der Waals surface area (Å²) in [5.74, 6) is 1.21. The lowest BCUT2D eigenvalue weighted by molar-refractivity contribution is 0.375. The van der Waals surface area contributed by atoms with Crippen molar-refractivity contribution in [3.63, 3.8) is 0 Å². The summed E-state index contributed by atoms with van der Waals surface area (Å²) in [5, 5.41) is 3.31. The summed E-state index contributed by atoms with van der Waals surface area (Å²) in [7, 11) is 6.27. The van der Waals surface area contributed by atoms with Crippen molar-refractivity contribution in [2.45, 2.75) is 12.5 Å². The molecule has 0 spiro atoms. The van der Waals surface area contributed by atoms with Gasteiger partial charge in [-0.3, -0.25) is 0 Å². The van der Waals surface area contributed by atoms with Crippen molar-refractivity contribution in [1.82, 2.24) is 10.2 Å². The van der Waals surface area contributed by atoms with Gasteiger partial charge in [0.2, 0.25) is 0 Å². The van der Waals surface area contributed by atoms with Crippen LogP contribution in [0.2, 0.25) is 0 Å². The summed E-state index contributed by atoms with van der Waals surface area (Å²) < 4.78 is 0. The fraction of sp³-hybridized carbons (Fsp3) is 1.00. The monoisotopic (exact) mass is 176 g/mol. The van der Waals surface area contributed by atoms with E-state index in [2.05, 4.69) is 30.6 Å². The largest absolute Gasteiger partial charge is 0.316 e. The summed E-state index contributed by atoms with van der Waals surface area (Å²) >= 11 is 1.90. The molecule has 0 aliphatic rings. The van der Waals surface area contributed by atoms with E-state index in [4.69, 9.17) is 0 Å². The number of hydrogen-bond donors (Lipinski definition) is 1. The van der Waals surface area contributed by atoms with Crippen LogP contribution in [0.1, 0.15) is 6.42 Å². The van der Waals surface area contributed by atoms with Crippen LogP contribution in [0, 0.1) is 0 Å². The molecule has 0 saturated carbocycles. The van der Waals surface area contributed by atoms with E-state index in [9.17, 15) is 0 Å². The van der Waals surface area contributed by atoms with Gasteiger partial charge in [0.15, 0.2) is 0 Å². The fourth-order valence-corrected chi connectivity index (χ4v) is 1.66. The Balaban J connectivity index is 3.35. The summed E-state index contributed by atoms with van der Waals surface area (Å²) in [4.78, 5) is 2.23. The summed E-state index contributed by atoms with van der Waals surface area (Å²) in [5.41, 5.74) is 0. The molecule has 0 aromatic heterocycles. The molecule has 11 heavy (non-hydrogen) atoms. The molecule has 3 heteroatoms. The van der Waals surface area contributed by atoms with Gasteiger partial charge in [0.25, 0.3) is 0 Å². The first-order valence-electron chi connectivity index (χ1n) is 4.01. The molecule has 0 amide bonds. The van der Waals surface area contributed by atoms with Crippen molar-refractivity contribution >= 4 is 11.8 Å². The van der Waals surface area contributed by atoms with Crippen molar-refractivity contribution in [2.24, 2.45) is 0 Å². The molecule has 0 aromatic carbocycles. The Morgan fingerprint density at radius 2 is 2.09 bits per heavy atom. The zero-order valence-electron chi connectivity index (χ0n) is 8.05. The standard InChI is InChI=1S/C8H20N2S/c1-9-8(7-11-4)5-6-10(2)3/h8-9H,5-7H2,1-4H3/t8-/m0/s1. The average molecular weight is 176 g/mol. The molecule has 0 aliphatic heterocycles. The van der Waals surface area contributed by atoms with E-state index in [0.717, 1.165) is 0 Å². The lowest BCUT2D eigenvalue weighted by Gasteiger charge is -2.17. The minimum absolute atomic E-state index is 0.674. The highest BCUT2D eigenvalue weighted by molar-refractivity contribution is 7.98. The minimum atomic E-state index is 0.674. The SMILES string of the molecule is CN[C@@H](CCN(C)C)CSC. The molecule has 0 fully saturated rings. The zero-order chi connectivity index (χ0) is 8.69. The third-order valence-corrected chi connectivity index (χ3v) is 2.44. The maximum atomic E-state index is 3.31. The molecule has 0 rings (SSSR count). The number of nitrogens with one attached hydrogen (secondary N) is 1. The molecular formula is C8H20N2S. The lowest BCUT2D eigenvalue weighted by Crippen LogP contribution is -2.31. The third-order valence-electron chi connectivity index (χ3n) is 1.70. The van der Waals surface area contributed by atoms with Crippen LogP contribution < -0.4 is 5.32 Å². The van der Waals surface area contributed by atoms with Crippen LogP contribution in [-0.4, -0.2) is 50.6 Å². The number of thioether (sulfide) groups is 1. The molecule has 68 valence electrons. The Labute approximate surface area is 74.7 Å². The Morgan fingerprint density at radius 1 is 1.45 bits per heavy atom. The van der Waals surface area contributed by atoms with Gasteiger partial charge in [-0.25, -0.2) is 0 Å². The van der Waals surface area contributed by atoms with Gasteiger partial charge in [-0.2, -0.15) is 11.8 Å². The molecule has 0 unspecified atom stereocenters. The van der Waals surface area contributed by atoms with Crippen LogP contribution in [0.25, 0.3) is 0 Å². The van der Waals surface area contributed by atoms with E-state index < -0.39 is 0 Å². The van der Waals surface area contributed by atoms with E-state index in [1.807, 2.05) is 18.8 Å². The first-order chi connectivity index (χ1) is 5.20. The third kappa shape index (κ3) is 6.66.